The summed E-state index contributed by atoms with van der Waals surface area (Å²) in [6, 6.07) is 7.58. The van der Waals surface area contributed by atoms with E-state index in [1.165, 1.54) is 23.2 Å². The summed E-state index contributed by atoms with van der Waals surface area (Å²) in [4.78, 5) is 14.1. The molecule has 2 heterocycles. The molecule has 0 fully saturated rings. The number of nitrogens with one attached hydrogen (secondary N) is 1. The molecule has 0 aliphatic rings. The molecule has 3 rings (SSSR count). The van der Waals surface area contributed by atoms with E-state index in [-0.39, 0.29) is 18.2 Å². The zero-order valence-electron chi connectivity index (χ0n) is 14.5. The Morgan fingerprint density at radius 2 is 2.07 bits per heavy atom. The van der Waals surface area contributed by atoms with E-state index in [9.17, 15) is 13.6 Å². The van der Waals surface area contributed by atoms with Gasteiger partial charge in [0.1, 0.15) is 11.4 Å². The van der Waals surface area contributed by atoms with Crippen LogP contribution in [0.1, 0.15) is 16.2 Å². The van der Waals surface area contributed by atoms with Crippen molar-refractivity contribution < 1.29 is 18.3 Å². The van der Waals surface area contributed by atoms with Crippen molar-refractivity contribution in [3.63, 3.8) is 0 Å². The molecule has 142 valence electrons. The summed E-state index contributed by atoms with van der Waals surface area (Å²) in [7, 11) is 3.39. The summed E-state index contributed by atoms with van der Waals surface area (Å²) >= 11 is 6.07. The number of alkyl halides is 2. The van der Waals surface area contributed by atoms with Crippen LogP contribution in [0.25, 0.3) is 11.3 Å². The maximum atomic E-state index is 12.6. The summed E-state index contributed by atoms with van der Waals surface area (Å²) in [5.41, 5.74) is 2.17. The van der Waals surface area contributed by atoms with Crippen LogP contribution in [0.5, 0.6) is 5.75 Å². The number of benzene rings is 1. The maximum absolute atomic E-state index is 12.6. The normalized spacial score (nSPS) is 11.0. The van der Waals surface area contributed by atoms with Crippen LogP contribution in [-0.2, 0) is 13.6 Å². The Hall–Kier alpha value is -2.94. The zero-order chi connectivity index (χ0) is 19.6. The Bertz CT molecular complexity index is 920. The second kappa shape index (κ2) is 7.75. The largest absolute Gasteiger partial charge is 0.435 e. The van der Waals surface area contributed by atoms with Crippen LogP contribution in [-0.4, -0.2) is 44.4 Å². The fourth-order valence-corrected chi connectivity index (χ4v) is 2.73. The minimum atomic E-state index is -2.88. The molecule has 0 atom stereocenters. The van der Waals surface area contributed by atoms with E-state index in [2.05, 4.69) is 20.0 Å². The number of ether oxygens (including phenoxy) is 1. The predicted molar refractivity (Wildman–Crippen MR) is 94.7 cm³/mol. The Morgan fingerprint density at radius 3 is 2.67 bits per heavy atom. The molecule has 1 aromatic carbocycles. The molecule has 10 heteroatoms. The monoisotopic (exact) mass is 395 g/mol. The van der Waals surface area contributed by atoms with Crippen LogP contribution in [0.3, 0.4) is 0 Å². The second-order valence-electron chi connectivity index (χ2n) is 5.79. The van der Waals surface area contributed by atoms with Gasteiger partial charge in [0.2, 0.25) is 0 Å². The van der Waals surface area contributed by atoms with Crippen LogP contribution in [0.15, 0.2) is 36.5 Å². The molecule has 0 saturated heterocycles. The number of carbonyl (C=O) groups is 1. The van der Waals surface area contributed by atoms with Gasteiger partial charge in [0.15, 0.2) is 0 Å². The number of aryl methyl sites for hydroxylation is 1. The van der Waals surface area contributed by atoms with Crippen LogP contribution < -0.4 is 4.74 Å². The van der Waals surface area contributed by atoms with Crippen LogP contribution in [0.4, 0.5) is 8.78 Å². The van der Waals surface area contributed by atoms with Crippen molar-refractivity contribution in [3.8, 4) is 17.0 Å². The van der Waals surface area contributed by atoms with Gasteiger partial charge in [-0.3, -0.25) is 14.6 Å². The van der Waals surface area contributed by atoms with Crippen molar-refractivity contribution in [2.24, 2.45) is 7.05 Å². The van der Waals surface area contributed by atoms with Gasteiger partial charge in [-0.15, -0.1) is 0 Å². The average molecular weight is 396 g/mol. The topological polar surface area (TPSA) is 76.0 Å². The first-order chi connectivity index (χ1) is 12.8. The van der Waals surface area contributed by atoms with Gasteiger partial charge in [-0.05, 0) is 30.3 Å². The molecule has 0 aliphatic carbocycles. The molecule has 0 saturated carbocycles. The zero-order valence-corrected chi connectivity index (χ0v) is 15.2. The van der Waals surface area contributed by atoms with E-state index >= 15 is 0 Å². The number of H-pyrrole nitrogens is 1. The molecule has 0 unspecified atom stereocenters. The number of amides is 1. The molecule has 0 radical (unpaired) electrons. The number of rotatable bonds is 6. The van der Waals surface area contributed by atoms with Crippen molar-refractivity contribution in [1.29, 1.82) is 0 Å². The van der Waals surface area contributed by atoms with Gasteiger partial charge in [0.25, 0.3) is 5.91 Å². The first-order valence-corrected chi connectivity index (χ1v) is 8.25. The van der Waals surface area contributed by atoms with E-state index in [1.54, 1.807) is 37.0 Å². The molecule has 1 N–H and O–H groups in total. The lowest BCUT2D eigenvalue weighted by molar-refractivity contribution is -0.0498. The number of nitrogens with zero attached hydrogens (tertiary/aromatic N) is 4. The van der Waals surface area contributed by atoms with E-state index in [4.69, 9.17) is 11.6 Å². The molecular formula is C17H16ClF2N5O2. The summed E-state index contributed by atoms with van der Waals surface area (Å²) < 4.78 is 30.3. The van der Waals surface area contributed by atoms with Gasteiger partial charge >= 0.3 is 6.61 Å². The molecule has 0 spiro atoms. The van der Waals surface area contributed by atoms with Gasteiger partial charge in [-0.2, -0.15) is 19.0 Å². The lowest BCUT2D eigenvalue weighted by Gasteiger charge is -2.16. The highest BCUT2D eigenvalue weighted by atomic mass is 35.5. The third kappa shape index (κ3) is 4.25. The summed E-state index contributed by atoms with van der Waals surface area (Å²) in [6.07, 6.45) is 1.52. The standard InChI is InChI=1S/C17H16ClF2N5O2/c1-24(9-15-12(18)8-21-25(15)2)16(26)14-7-13(22-23-14)10-3-5-11(6-4-10)27-17(19)20/h3-8,17H,9H2,1-2H3,(H,22,23). The molecule has 0 aliphatic heterocycles. The maximum Gasteiger partial charge on any atom is 0.387 e. The van der Waals surface area contributed by atoms with Gasteiger partial charge in [-0.25, -0.2) is 0 Å². The summed E-state index contributed by atoms with van der Waals surface area (Å²) in [6.45, 7) is -2.60. The molecule has 0 bridgehead atoms. The first-order valence-electron chi connectivity index (χ1n) is 7.87. The Morgan fingerprint density at radius 1 is 1.37 bits per heavy atom. The van der Waals surface area contributed by atoms with Crippen LogP contribution >= 0.6 is 11.6 Å². The highest BCUT2D eigenvalue weighted by Gasteiger charge is 2.18. The minimum absolute atomic E-state index is 0.0494. The van der Waals surface area contributed by atoms with Crippen LogP contribution in [0.2, 0.25) is 5.02 Å². The smallest absolute Gasteiger partial charge is 0.387 e. The molecule has 1 amide bonds. The fraction of sp³-hybridized carbons (Fsp3) is 0.235. The number of hydrogen-bond acceptors (Lipinski definition) is 4. The number of halogens is 3. The Labute approximate surface area is 158 Å². The number of aromatic amines is 1. The minimum Gasteiger partial charge on any atom is -0.435 e. The average Bonchev–Trinajstić information content (AvgIpc) is 3.24. The molecule has 7 nitrogen and oxygen atoms in total. The highest BCUT2D eigenvalue weighted by Crippen LogP contribution is 2.23. The third-order valence-corrected chi connectivity index (χ3v) is 4.24. The van der Waals surface area contributed by atoms with Crippen molar-refractivity contribution in [2.75, 3.05) is 7.05 Å². The van der Waals surface area contributed by atoms with Crippen molar-refractivity contribution in [3.05, 3.63) is 52.9 Å². The van der Waals surface area contributed by atoms with E-state index < -0.39 is 6.61 Å². The van der Waals surface area contributed by atoms with E-state index in [0.29, 0.717) is 27.7 Å². The highest BCUT2D eigenvalue weighted by molar-refractivity contribution is 6.31. The van der Waals surface area contributed by atoms with Crippen molar-refractivity contribution >= 4 is 17.5 Å². The van der Waals surface area contributed by atoms with Gasteiger partial charge < -0.3 is 9.64 Å². The van der Waals surface area contributed by atoms with Gasteiger partial charge in [-0.1, -0.05) is 11.6 Å². The van der Waals surface area contributed by atoms with Gasteiger partial charge in [0.05, 0.1) is 29.2 Å². The van der Waals surface area contributed by atoms with Crippen molar-refractivity contribution in [1.82, 2.24) is 24.9 Å². The molecular weight excluding hydrogens is 380 g/mol. The second-order valence-corrected chi connectivity index (χ2v) is 6.20. The summed E-state index contributed by atoms with van der Waals surface area (Å²) in [5.74, 6) is -0.225. The first kappa shape index (κ1) is 18.8. The summed E-state index contributed by atoms with van der Waals surface area (Å²) in [5, 5.41) is 11.3. The lowest BCUT2D eigenvalue weighted by atomic mass is 10.1. The number of hydrogen-bond donors (Lipinski definition) is 1. The van der Waals surface area contributed by atoms with E-state index in [1.807, 2.05) is 0 Å². The van der Waals surface area contributed by atoms with E-state index in [0.717, 1.165) is 0 Å². The predicted octanol–water partition coefficient (Wildman–Crippen LogP) is 3.34. The number of aromatic nitrogens is 4. The number of carbonyl (C=O) groups excluding carboxylic acids is 1. The Balaban J connectivity index is 1.72. The lowest BCUT2D eigenvalue weighted by Crippen LogP contribution is -2.27. The quantitative estimate of drug-likeness (QED) is 0.694. The SMILES string of the molecule is CN(Cc1c(Cl)cnn1C)C(=O)c1cc(-c2ccc(OC(F)F)cc2)n[nH]1. The molecule has 2 aromatic heterocycles. The molecule has 3 aromatic rings. The van der Waals surface area contributed by atoms with Crippen molar-refractivity contribution in [2.45, 2.75) is 13.2 Å². The van der Waals surface area contributed by atoms with Crippen LogP contribution in [0, 0.1) is 0 Å². The third-order valence-electron chi connectivity index (χ3n) is 3.93. The Kier molecular flexibility index (Phi) is 5.41. The van der Waals surface area contributed by atoms with Gasteiger partial charge in [0, 0.05) is 19.7 Å². The fourth-order valence-electron chi connectivity index (χ4n) is 2.50. The molecule has 27 heavy (non-hydrogen) atoms.